The minimum atomic E-state index is -0.385. The Hall–Kier alpha value is -1.06. The molecule has 4 nitrogen and oxygen atoms in total. The molecule has 0 aromatic rings. The van der Waals surface area contributed by atoms with Crippen LogP contribution in [0.4, 0.5) is 0 Å². The number of hydrogen-bond donors (Lipinski definition) is 0. The molecule has 86 valence electrons. The summed E-state index contributed by atoms with van der Waals surface area (Å²) >= 11 is 0. The van der Waals surface area contributed by atoms with Gasteiger partial charge in [0.15, 0.2) is 5.66 Å². The van der Waals surface area contributed by atoms with Gasteiger partial charge in [0.2, 0.25) is 0 Å². The molecule has 1 aliphatic rings. The lowest BCUT2D eigenvalue weighted by Crippen LogP contribution is -2.17. The zero-order valence-corrected chi connectivity index (χ0v) is 10.0. The lowest BCUT2D eigenvalue weighted by Gasteiger charge is -2.14. The average Bonchev–Trinajstić information content (AvgIpc) is 2.45. The van der Waals surface area contributed by atoms with Crippen LogP contribution in [0.1, 0.15) is 40.5 Å². The van der Waals surface area contributed by atoms with Crippen molar-refractivity contribution in [2.45, 2.75) is 46.2 Å². The Morgan fingerprint density at radius 1 is 1.00 bits per heavy atom. The summed E-state index contributed by atoms with van der Waals surface area (Å²) in [6.07, 6.45) is 1.96. The molecule has 0 radical (unpaired) electrons. The van der Waals surface area contributed by atoms with Gasteiger partial charge in [-0.25, -0.2) is 9.98 Å². The Bertz CT molecular complexity index is 250. The molecular weight excluding hydrogens is 192 g/mol. The van der Waals surface area contributed by atoms with Gasteiger partial charge in [-0.05, 0) is 27.2 Å². The van der Waals surface area contributed by atoms with Crippen LogP contribution in [-0.4, -0.2) is 30.7 Å². The fourth-order valence-corrected chi connectivity index (χ4v) is 1.61. The van der Waals surface area contributed by atoms with Crippen LogP contribution in [0, 0.1) is 0 Å². The first-order valence-electron chi connectivity index (χ1n) is 5.60. The van der Waals surface area contributed by atoms with Crippen molar-refractivity contribution < 1.29 is 9.47 Å². The minimum absolute atomic E-state index is 0.385. The predicted octanol–water partition coefficient (Wildman–Crippen LogP) is 2.39. The molecule has 15 heavy (non-hydrogen) atoms. The van der Waals surface area contributed by atoms with Crippen LogP contribution in [-0.2, 0) is 9.47 Å². The molecule has 0 aromatic carbocycles. The van der Waals surface area contributed by atoms with Gasteiger partial charge >= 0.3 is 0 Å². The summed E-state index contributed by atoms with van der Waals surface area (Å²) in [4.78, 5) is 8.93. The van der Waals surface area contributed by atoms with Crippen molar-refractivity contribution in [1.29, 1.82) is 0 Å². The molecular formula is C11H20N2O2. The van der Waals surface area contributed by atoms with Gasteiger partial charge in [0.25, 0.3) is 11.8 Å². The highest BCUT2D eigenvalue weighted by molar-refractivity contribution is 6.36. The molecule has 4 heteroatoms. The van der Waals surface area contributed by atoms with E-state index in [-0.39, 0.29) is 5.66 Å². The highest BCUT2D eigenvalue weighted by Gasteiger charge is 2.32. The summed E-state index contributed by atoms with van der Waals surface area (Å²) in [5, 5.41) is 0. The van der Waals surface area contributed by atoms with Gasteiger partial charge in [-0.3, -0.25) is 0 Å². The van der Waals surface area contributed by atoms with Gasteiger partial charge in [-0.2, -0.15) is 0 Å². The largest absolute Gasteiger partial charge is 0.474 e. The van der Waals surface area contributed by atoms with Crippen LogP contribution in [0.15, 0.2) is 9.98 Å². The Balaban J connectivity index is 2.80. The van der Waals surface area contributed by atoms with Gasteiger partial charge in [-0.1, -0.05) is 13.3 Å². The van der Waals surface area contributed by atoms with Crippen molar-refractivity contribution in [1.82, 2.24) is 0 Å². The van der Waals surface area contributed by atoms with Crippen LogP contribution in [0.5, 0.6) is 0 Å². The third-order valence-electron chi connectivity index (χ3n) is 2.15. The summed E-state index contributed by atoms with van der Waals surface area (Å²) < 4.78 is 10.8. The molecule has 0 aromatic heterocycles. The lowest BCUT2D eigenvalue weighted by atomic mass is 10.1. The van der Waals surface area contributed by atoms with Crippen molar-refractivity contribution in [3.05, 3.63) is 0 Å². The molecule has 0 spiro atoms. The molecule has 0 saturated carbocycles. The highest BCUT2D eigenvalue weighted by atomic mass is 16.5. The zero-order chi connectivity index (χ0) is 11.3. The average molecular weight is 212 g/mol. The maximum Gasteiger partial charge on any atom is 0.275 e. The molecule has 0 unspecified atom stereocenters. The summed E-state index contributed by atoms with van der Waals surface area (Å²) in [5.74, 6) is 1.10. The molecule has 1 rings (SSSR count). The van der Waals surface area contributed by atoms with Crippen LogP contribution in [0.3, 0.4) is 0 Å². The minimum Gasteiger partial charge on any atom is -0.474 e. The molecule has 0 bridgehead atoms. The fourth-order valence-electron chi connectivity index (χ4n) is 1.61. The summed E-state index contributed by atoms with van der Waals surface area (Å²) in [6, 6.07) is 0. The van der Waals surface area contributed by atoms with E-state index in [0.717, 1.165) is 12.8 Å². The standard InChI is InChI=1S/C11H20N2O2/c1-5-8-11(4)12-9(14-6-2)10(13-11)15-7-3/h5-8H2,1-4H3. The van der Waals surface area contributed by atoms with E-state index in [4.69, 9.17) is 9.47 Å². The second-order valence-electron chi connectivity index (χ2n) is 3.67. The van der Waals surface area contributed by atoms with Crippen LogP contribution >= 0.6 is 0 Å². The van der Waals surface area contributed by atoms with Crippen molar-refractivity contribution >= 4 is 11.8 Å². The molecule has 0 N–H and O–H groups in total. The van der Waals surface area contributed by atoms with Crippen molar-refractivity contribution in [2.24, 2.45) is 9.98 Å². The second-order valence-corrected chi connectivity index (χ2v) is 3.67. The van der Waals surface area contributed by atoms with E-state index < -0.39 is 0 Å². The quantitative estimate of drug-likeness (QED) is 0.718. The number of ether oxygens (including phenoxy) is 2. The summed E-state index contributed by atoms with van der Waals surface area (Å²) in [5.41, 5.74) is -0.385. The summed E-state index contributed by atoms with van der Waals surface area (Å²) in [6.45, 7) is 9.17. The van der Waals surface area contributed by atoms with Gasteiger partial charge in [-0.15, -0.1) is 0 Å². The smallest absolute Gasteiger partial charge is 0.275 e. The molecule has 1 heterocycles. The van der Waals surface area contributed by atoms with Crippen molar-refractivity contribution in [3.8, 4) is 0 Å². The van der Waals surface area contributed by atoms with E-state index in [9.17, 15) is 0 Å². The third-order valence-corrected chi connectivity index (χ3v) is 2.15. The fraction of sp³-hybridized carbons (Fsp3) is 0.818. The molecule has 0 atom stereocenters. The molecule has 1 aliphatic heterocycles. The van der Waals surface area contributed by atoms with Crippen LogP contribution in [0.2, 0.25) is 0 Å². The third kappa shape index (κ3) is 2.94. The van der Waals surface area contributed by atoms with Gasteiger partial charge in [0.1, 0.15) is 0 Å². The van der Waals surface area contributed by atoms with E-state index in [0.29, 0.717) is 25.0 Å². The molecule has 0 saturated heterocycles. The molecule has 0 fully saturated rings. The number of nitrogens with zero attached hydrogens (tertiary/aromatic N) is 2. The SMILES string of the molecule is CCCC1(C)N=C(OCC)C(OCC)=N1. The maximum atomic E-state index is 5.40. The Morgan fingerprint density at radius 2 is 1.47 bits per heavy atom. The van der Waals surface area contributed by atoms with Gasteiger partial charge in [0.05, 0.1) is 13.2 Å². The topological polar surface area (TPSA) is 43.2 Å². The monoisotopic (exact) mass is 212 g/mol. The number of aliphatic imine (C=N–C) groups is 2. The van der Waals surface area contributed by atoms with E-state index >= 15 is 0 Å². The Morgan fingerprint density at radius 3 is 1.80 bits per heavy atom. The van der Waals surface area contributed by atoms with E-state index in [1.807, 2.05) is 20.8 Å². The lowest BCUT2D eigenvalue weighted by molar-refractivity contribution is 0.298. The number of rotatable bonds is 4. The normalized spacial score (nSPS) is 18.4. The second kappa shape index (κ2) is 5.14. The molecule has 0 amide bonds. The maximum absolute atomic E-state index is 5.40. The zero-order valence-electron chi connectivity index (χ0n) is 10.0. The van der Waals surface area contributed by atoms with E-state index in [2.05, 4.69) is 16.9 Å². The van der Waals surface area contributed by atoms with Gasteiger partial charge < -0.3 is 9.47 Å². The van der Waals surface area contributed by atoms with E-state index in [1.54, 1.807) is 0 Å². The van der Waals surface area contributed by atoms with Crippen LogP contribution in [0.25, 0.3) is 0 Å². The predicted molar refractivity (Wildman–Crippen MR) is 61.4 cm³/mol. The first kappa shape index (κ1) is 12.0. The van der Waals surface area contributed by atoms with Gasteiger partial charge in [0, 0.05) is 0 Å². The highest BCUT2D eigenvalue weighted by Crippen LogP contribution is 2.25. The Labute approximate surface area is 91.4 Å². The van der Waals surface area contributed by atoms with Crippen molar-refractivity contribution in [2.75, 3.05) is 13.2 Å². The Kier molecular flexibility index (Phi) is 4.12. The van der Waals surface area contributed by atoms with E-state index in [1.165, 1.54) is 0 Å². The van der Waals surface area contributed by atoms with Crippen molar-refractivity contribution in [3.63, 3.8) is 0 Å². The first-order chi connectivity index (χ1) is 7.15. The summed E-state index contributed by atoms with van der Waals surface area (Å²) in [7, 11) is 0. The first-order valence-corrected chi connectivity index (χ1v) is 5.60. The van der Waals surface area contributed by atoms with Crippen LogP contribution < -0.4 is 0 Å². The number of hydrogen-bond acceptors (Lipinski definition) is 4. The molecule has 0 aliphatic carbocycles.